The fraction of sp³-hybridized carbons (Fsp3) is 0.364. The van der Waals surface area contributed by atoms with Crippen molar-refractivity contribution in [2.24, 2.45) is 0 Å². The molecule has 1 aliphatic rings. The molecule has 0 aliphatic carbocycles. The Balaban J connectivity index is 2.74. The summed E-state index contributed by atoms with van der Waals surface area (Å²) in [4.78, 5) is 22.9. The Hall–Kier alpha value is -1.79. The van der Waals surface area contributed by atoms with Gasteiger partial charge in [0.2, 0.25) is 0 Å². The fourth-order valence-corrected chi connectivity index (χ4v) is 2.25. The summed E-state index contributed by atoms with van der Waals surface area (Å²) in [6, 6.07) is 3.65. The molecule has 1 aromatic rings. The molecule has 0 radical (unpaired) electrons. The number of aldehydes is 1. The summed E-state index contributed by atoms with van der Waals surface area (Å²) >= 11 is 0. The average molecular weight is 236 g/mol. The summed E-state index contributed by atoms with van der Waals surface area (Å²) in [5, 5.41) is 21.2. The predicted molar refractivity (Wildman–Crippen MR) is 59.2 cm³/mol. The maximum absolute atomic E-state index is 11.1. The van der Waals surface area contributed by atoms with Crippen molar-refractivity contribution in [1.29, 1.82) is 0 Å². The van der Waals surface area contributed by atoms with Gasteiger partial charge in [0.05, 0.1) is 10.5 Å². The average Bonchev–Trinajstić information content (AvgIpc) is 2.47. The van der Waals surface area contributed by atoms with Gasteiger partial charge in [-0.3, -0.25) is 15.0 Å². The summed E-state index contributed by atoms with van der Waals surface area (Å²) in [5.74, 6) is 0. The molecule has 0 amide bonds. The third-order valence-corrected chi connectivity index (χ3v) is 3.32. The lowest BCUT2D eigenvalue weighted by molar-refractivity contribution is -0.385. The van der Waals surface area contributed by atoms with Crippen molar-refractivity contribution >= 4 is 12.0 Å². The maximum atomic E-state index is 11.1. The first kappa shape index (κ1) is 11.7. The molecule has 0 spiro atoms. The molecule has 6 nitrogen and oxygen atoms in total. The summed E-state index contributed by atoms with van der Waals surface area (Å²) in [5.41, 5.74) is -0.817. The topological polar surface area (TPSA) is 83.7 Å². The Labute approximate surface area is 97.6 Å². The molecule has 0 saturated carbocycles. The van der Waals surface area contributed by atoms with Crippen molar-refractivity contribution < 1.29 is 14.8 Å². The Morgan fingerprint density at radius 1 is 1.59 bits per heavy atom. The van der Waals surface area contributed by atoms with Gasteiger partial charge in [0.25, 0.3) is 5.69 Å². The molecule has 2 atom stereocenters. The summed E-state index contributed by atoms with van der Waals surface area (Å²) in [6.07, 6.45) is 0.604. The number of nitro benzene ring substituents is 1. The molecule has 1 N–H and O–H groups in total. The minimum Gasteiger partial charge on any atom is -0.372 e. The highest BCUT2D eigenvalue weighted by atomic mass is 16.6. The van der Waals surface area contributed by atoms with Crippen LogP contribution in [0.25, 0.3) is 0 Å². The van der Waals surface area contributed by atoms with Gasteiger partial charge in [-0.15, -0.1) is 0 Å². The van der Waals surface area contributed by atoms with Gasteiger partial charge in [0.1, 0.15) is 18.1 Å². The van der Waals surface area contributed by atoms with Gasteiger partial charge in [0.15, 0.2) is 0 Å². The first-order chi connectivity index (χ1) is 7.91. The van der Waals surface area contributed by atoms with E-state index in [1.54, 1.807) is 13.1 Å². The third-order valence-electron chi connectivity index (χ3n) is 3.32. The van der Waals surface area contributed by atoms with Crippen LogP contribution < -0.4 is 0 Å². The quantitative estimate of drug-likeness (QED) is 0.469. The normalized spacial score (nSPS) is 27.8. The van der Waals surface area contributed by atoms with Crippen LogP contribution in [-0.2, 0) is 10.5 Å². The number of fused-ring (bicyclic) bond motifs is 1. The molecule has 6 heteroatoms. The molecule has 17 heavy (non-hydrogen) atoms. The van der Waals surface area contributed by atoms with E-state index in [1.165, 1.54) is 24.0 Å². The number of likely N-dealkylation sites (N-methyl/N-ethyl adjacent to an activating group) is 1. The van der Waals surface area contributed by atoms with Crippen LogP contribution >= 0.6 is 0 Å². The van der Waals surface area contributed by atoms with Crippen molar-refractivity contribution in [3.8, 4) is 0 Å². The zero-order valence-electron chi connectivity index (χ0n) is 9.45. The molecule has 1 aromatic carbocycles. The number of carbonyl (C=O) groups is 1. The van der Waals surface area contributed by atoms with Gasteiger partial charge in [-0.1, -0.05) is 12.1 Å². The number of carbonyl (C=O) groups excluding carboxylic acids is 1. The molecule has 1 heterocycles. The van der Waals surface area contributed by atoms with Gasteiger partial charge in [-0.25, -0.2) is 0 Å². The van der Waals surface area contributed by atoms with E-state index in [0.29, 0.717) is 11.8 Å². The van der Waals surface area contributed by atoms with Crippen LogP contribution in [0.2, 0.25) is 0 Å². The minimum absolute atomic E-state index is 0.135. The van der Waals surface area contributed by atoms with Crippen LogP contribution in [0, 0.1) is 10.1 Å². The molecule has 0 fully saturated rings. The highest BCUT2D eigenvalue weighted by Gasteiger charge is 2.47. The molecule has 0 saturated heterocycles. The highest BCUT2D eigenvalue weighted by molar-refractivity contribution is 5.70. The molecular formula is C11H12N2O4. The van der Waals surface area contributed by atoms with E-state index in [-0.39, 0.29) is 11.3 Å². The Kier molecular flexibility index (Phi) is 2.48. The van der Waals surface area contributed by atoms with Crippen LogP contribution in [0.3, 0.4) is 0 Å². The number of nitro groups is 1. The lowest BCUT2D eigenvalue weighted by atomic mass is 9.99. The van der Waals surface area contributed by atoms with Gasteiger partial charge < -0.3 is 9.90 Å². The van der Waals surface area contributed by atoms with Crippen molar-refractivity contribution in [3.63, 3.8) is 0 Å². The second-order valence-corrected chi connectivity index (χ2v) is 4.21. The molecule has 0 bridgehead atoms. The number of hydrogen-bond donors (Lipinski definition) is 1. The third kappa shape index (κ3) is 1.45. The second kappa shape index (κ2) is 3.61. The molecule has 1 aliphatic heterocycles. The van der Waals surface area contributed by atoms with E-state index in [4.69, 9.17) is 0 Å². The van der Waals surface area contributed by atoms with E-state index < -0.39 is 16.7 Å². The predicted octanol–water partition coefficient (Wildman–Crippen LogP) is 0.945. The van der Waals surface area contributed by atoms with Crippen LogP contribution in [0.4, 0.5) is 5.69 Å². The van der Waals surface area contributed by atoms with E-state index in [2.05, 4.69) is 0 Å². The fourth-order valence-electron chi connectivity index (χ4n) is 2.25. The van der Waals surface area contributed by atoms with Crippen LogP contribution in [0.15, 0.2) is 18.2 Å². The standard InChI is InChI=1S/C11H12N2O4/c1-11(15)7-4-3-5-8(13(16)17)10(7)9(6-14)12(11)2/h3-6,9,15H,1-2H3. The molecule has 2 unspecified atom stereocenters. The maximum Gasteiger partial charge on any atom is 0.275 e. The van der Waals surface area contributed by atoms with Crippen molar-refractivity contribution in [1.82, 2.24) is 4.90 Å². The smallest absolute Gasteiger partial charge is 0.275 e. The highest BCUT2D eigenvalue weighted by Crippen LogP contribution is 2.46. The molecule has 90 valence electrons. The van der Waals surface area contributed by atoms with Gasteiger partial charge in [-0.05, 0) is 14.0 Å². The largest absolute Gasteiger partial charge is 0.372 e. The van der Waals surface area contributed by atoms with Gasteiger partial charge in [0, 0.05) is 11.6 Å². The lowest BCUT2D eigenvalue weighted by Crippen LogP contribution is -2.37. The van der Waals surface area contributed by atoms with E-state index in [9.17, 15) is 20.0 Å². The summed E-state index contributed by atoms with van der Waals surface area (Å²) in [6.45, 7) is 1.51. The Morgan fingerprint density at radius 2 is 2.24 bits per heavy atom. The monoisotopic (exact) mass is 236 g/mol. The number of benzene rings is 1. The first-order valence-electron chi connectivity index (χ1n) is 5.09. The van der Waals surface area contributed by atoms with E-state index in [1.807, 2.05) is 0 Å². The second-order valence-electron chi connectivity index (χ2n) is 4.21. The van der Waals surface area contributed by atoms with Crippen LogP contribution in [-0.4, -0.2) is 28.3 Å². The molecule has 2 rings (SSSR count). The van der Waals surface area contributed by atoms with E-state index >= 15 is 0 Å². The van der Waals surface area contributed by atoms with Crippen LogP contribution in [0.1, 0.15) is 24.1 Å². The SMILES string of the molecule is CN1C(C=O)c2c([N+](=O)[O-])cccc2C1(C)O. The Bertz CT molecular complexity index is 498. The number of rotatable bonds is 2. The van der Waals surface area contributed by atoms with Gasteiger partial charge >= 0.3 is 0 Å². The summed E-state index contributed by atoms with van der Waals surface area (Å²) < 4.78 is 0. The van der Waals surface area contributed by atoms with Crippen LogP contribution in [0.5, 0.6) is 0 Å². The van der Waals surface area contributed by atoms with Crippen molar-refractivity contribution in [2.45, 2.75) is 18.7 Å². The van der Waals surface area contributed by atoms with E-state index in [0.717, 1.165) is 0 Å². The Morgan fingerprint density at radius 3 is 2.76 bits per heavy atom. The number of aliphatic hydroxyl groups is 1. The lowest BCUT2D eigenvalue weighted by Gasteiger charge is -2.28. The molecule has 0 aromatic heterocycles. The first-order valence-corrected chi connectivity index (χ1v) is 5.09. The number of hydrogen-bond acceptors (Lipinski definition) is 5. The van der Waals surface area contributed by atoms with Crippen molar-refractivity contribution in [3.05, 3.63) is 39.4 Å². The molecular weight excluding hydrogens is 224 g/mol. The number of nitrogens with zero attached hydrogens (tertiary/aromatic N) is 2. The minimum atomic E-state index is -1.37. The zero-order chi connectivity index (χ0) is 12.8. The zero-order valence-corrected chi connectivity index (χ0v) is 9.45. The van der Waals surface area contributed by atoms with Gasteiger partial charge in [-0.2, -0.15) is 0 Å². The summed E-state index contributed by atoms with van der Waals surface area (Å²) in [7, 11) is 1.56. The van der Waals surface area contributed by atoms with Crippen molar-refractivity contribution in [2.75, 3.05) is 7.05 Å².